The summed E-state index contributed by atoms with van der Waals surface area (Å²) in [7, 11) is 0. The number of aryl methyl sites for hydroxylation is 1. The van der Waals surface area contributed by atoms with Crippen molar-refractivity contribution in [2.75, 3.05) is 19.6 Å². The molecule has 1 N–H and O–H groups in total. The summed E-state index contributed by atoms with van der Waals surface area (Å²) >= 11 is 0. The second kappa shape index (κ2) is 8.86. The highest BCUT2D eigenvalue weighted by Gasteiger charge is 2.27. The van der Waals surface area contributed by atoms with Crippen molar-refractivity contribution in [3.05, 3.63) is 71.3 Å². The van der Waals surface area contributed by atoms with Crippen LogP contribution >= 0.6 is 12.4 Å². The van der Waals surface area contributed by atoms with E-state index in [2.05, 4.69) is 36.5 Å². The third-order valence-corrected chi connectivity index (χ3v) is 4.53. The lowest BCUT2D eigenvalue weighted by Gasteiger charge is -2.36. The van der Waals surface area contributed by atoms with Gasteiger partial charge >= 0.3 is 0 Å². The fourth-order valence-corrected chi connectivity index (χ4v) is 3.15. The van der Waals surface area contributed by atoms with Gasteiger partial charge in [0.25, 0.3) is 0 Å². The molecule has 0 spiro atoms. The molecule has 1 atom stereocenters. The van der Waals surface area contributed by atoms with E-state index in [0.717, 1.165) is 31.6 Å². The molecule has 0 aliphatic carbocycles. The third kappa shape index (κ3) is 4.37. The summed E-state index contributed by atoms with van der Waals surface area (Å²) in [4.78, 5) is 14.8. The van der Waals surface area contributed by atoms with Crippen molar-refractivity contribution in [3.63, 3.8) is 0 Å². The highest BCUT2D eigenvalue weighted by Crippen LogP contribution is 2.23. The van der Waals surface area contributed by atoms with Crippen LogP contribution in [0.3, 0.4) is 0 Å². The molecule has 0 saturated carbocycles. The first-order valence-corrected chi connectivity index (χ1v) is 8.41. The highest BCUT2D eigenvalue weighted by molar-refractivity contribution is 5.85. The summed E-state index contributed by atoms with van der Waals surface area (Å²) in [5.41, 5.74) is 3.63. The van der Waals surface area contributed by atoms with Gasteiger partial charge in [-0.2, -0.15) is 0 Å². The quantitative estimate of drug-likeness (QED) is 0.922. The van der Waals surface area contributed by atoms with Gasteiger partial charge in [-0.3, -0.25) is 4.79 Å². The minimum absolute atomic E-state index is 0. The first-order valence-electron chi connectivity index (χ1n) is 8.41. The standard InChI is InChI=1S/C20H24N2O.ClH/c1-2-16-8-10-18(11-9-16)19-15-21-12-13-22(19)20(23)14-17-6-4-3-5-7-17;/h3-11,19,21H,2,12-15H2,1H3;1H. The largest absolute Gasteiger partial charge is 0.333 e. The molecular weight excluding hydrogens is 320 g/mol. The van der Waals surface area contributed by atoms with E-state index in [1.54, 1.807) is 0 Å². The number of nitrogens with zero attached hydrogens (tertiary/aromatic N) is 1. The number of amides is 1. The second-order valence-electron chi connectivity index (χ2n) is 6.06. The lowest BCUT2D eigenvalue weighted by molar-refractivity contribution is -0.133. The van der Waals surface area contributed by atoms with Crippen molar-refractivity contribution in [2.45, 2.75) is 25.8 Å². The van der Waals surface area contributed by atoms with Gasteiger partial charge in [-0.15, -0.1) is 12.4 Å². The zero-order valence-electron chi connectivity index (χ0n) is 14.1. The number of rotatable bonds is 4. The molecule has 0 radical (unpaired) electrons. The number of carbonyl (C=O) groups is 1. The molecule has 0 aromatic heterocycles. The average molecular weight is 345 g/mol. The van der Waals surface area contributed by atoms with Crippen molar-refractivity contribution >= 4 is 18.3 Å². The van der Waals surface area contributed by atoms with Gasteiger partial charge in [0.2, 0.25) is 5.91 Å². The van der Waals surface area contributed by atoms with E-state index < -0.39 is 0 Å². The lowest BCUT2D eigenvalue weighted by atomic mass is 10.00. The fourth-order valence-electron chi connectivity index (χ4n) is 3.15. The van der Waals surface area contributed by atoms with E-state index in [9.17, 15) is 4.79 Å². The molecule has 1 amide bonds. The van der Waals surface area contributed by atoms with E-state index in [4.69, 9.17) is 0 Å². The van der Waals surface area contributed by atoms with Gasteiger partial charge in [0, 0.05) is 19.6 Å². The van der Waals surface area contributed by atoms with E-state index in [1.165, 1.54) is 11.1 Å². The van der Waals surface area contributed by atoms with Crippen molar-refractivity contribution in [1.29, 1.82) is 0 Å². The molecule has 2 aromatic rings. The van der Waals surface area contributed by atoms with Crippen LogP contribution < -0.4 is 5.32 Å². The summed E-state index contributed by atoms with van der Waals surface area (Å²) in [5.74, 6) is 0.210. The Labute approximate surface area is 150 Å². The van der Waals surface area contributed by atoms with Crippen LogP contribution in [0.25, 0.3) is 0 Å². The molecule has 1 unspecified atom stereocenters. The SMILES string of the molecule is CCc1ccc(C2CNCCN2C(=O)Cc2ccccc2)cc1.Cl. The number of carbonyl (C=O) groups excluding carboxylic acids is 1. The molecule has 2 aromatic carbocycles. The van der Waals surface area contributed by atoms with Crippen LogP contribution in [0.4, 0.5) is 0 Å². The Bertz CT molecular complexity index is 642. The van der Waals surface area contributed by atoms with Crippen LogP contribution in [0.5, 0.6) is 0 Å². The zero-order valence-corrected chi connectivity index (χ0v) is 14.9. The second-order valence-corrected chi connectivity index (χ2v) is 6.06. The molecule has 1 saturated heterocycles. The Kier molecular flexibility index (Phi) is 6.83. The van der Waals surface area contributed by atoms with E-state index in [-0.39, 0.29) is 24.4 Å². The molecule has 3 nitrogen and oxygen atoms in total. The van der Waals surface area contributed by atoms with Gasteiger partial charge in [-0.25, -0.2) is 0 Å². The number of benzene rings is 2. The fraction of sp³-hybridized carbons (Fsp3) is 0.350. The van der Waals surface area contributed by atoms with Gasteiger partial charge < -0.3 is 10.2 Å². The zero-order chi connectivity index (χ0) is 16.1. The van der Waals surface area contributed by atoms with E-state index >= 15 is 0 Å². The summed E-state index contributed by atoms with van der Waals surface area (Å²) in [6, 6.07) is 18.8. The molecule has 4 heteroatoms. The van der Waals surface area contributed by atoms with Crippen LogP contribution in [0.1, 0.15) is 29.7 Å². The van der Waals surface area contributed by atoms with Crippen LogP contribution in [-0.4, -0.2) is 30.4 Å². The molecule has 0 bridgehead atoms. The summed E-state index contributed by atoms with van der Waals surface area (Å²) in [6.07, 6.45) is 1.52. The smallest absolute Gasteiger partial charge is 0.227 e. The summed E-state index contributed by atoms with van der Waals surface area (Å²) in [6.45, 7) is 4.62. The van der Waals surface area contributed by atoms with Crippen LogP contribution in [-0.2, 0) is 17.6 Å². The number of hydrogen-bond acceptors (Lipinski definition) is 2. The molecule has 3 rings (SSSR count). The first kappa shape index (κ1) is 18.5. The maximum Gasteiger partial charge on any atom is 0.227 e. The lowest BCUT2D eigenvalue weighted by Crippen LogP contribution is -2.49. The Morgan fingerprint density at radius 1 is 1.08 bits per heavy atom. The maximum absolute atomic E-state index is 12.8. The monoisotopic (exact) mass is 344 g/mol. The highest BCUT2D eigenvalue weighted by atomic mass is 35.5. The molecule has 1 fully saturated rings. The summed E-state index contributed by atoms with van der Waals surface area (Å²) < 4.78 is 0. The van der Waals surface area contributed by atoms with Gasteiger partial charge in [0.05, 0.1) is 12.5 Å². The van der Waals surface area contributed by atoms with Gasteiger partial charge in [-0.1, -0.05) is 61.5 Å². The average Bonchev–Trinajstić information content (AvgIpc) is 2.62. The van der Waals surface area contributed by atoms with Crippen molar-refractivity contribution < 1.29 is 4.79 Å². The maximum atomic E-state index is 12.8. The number of halogens is 1. The normalized spacial score (nSPS) is 17.2. The Balaban J connectivity index is 0.00000208. The predicted octanol–water partition coefficient (Wildman–Crippen LogP) is 3.39. The summed E-state index contributed by atoms with van der Waals surface area (Å²) in [5, 5.41) is 3.42. The molecule has 24 heavy (non-hydrogen) atoms. The van der Waals surface area contributed by atoms with E-state index in [1.807, 2.05) is 35.2 Å². The van der Waals surface area contributed by atoms with Crippen LogP contribution in [0, 0.1) is 0 Å². The van der Waals surface area contributed by atoms with Crippen LogP contribution in [0.15, 0.2) is 54.6 Å². The number of hydrogen-bond donors (Lipinski definition) is 1. The van der Waals surface area contributed by atoms with Crippen molar-refractivity contribution in [1.82, 2.24) is 10.2 Å². The van der Waals surface area contributed by atoms with E-state index in [0.29, 0.717) is 6.42 Å². The van der Waals surface area contributed by atoms with Crippen molar-refractivity contribution in [3.8, 4) is 0 Å². The minimum Gasteiger partial charge on any atom is -0.333 e. The number of nitrogens with one attached hydrogen (secondary N) is 1. The minimum atomic E-state index is 0. The van der Waals surface area contributed by atoms with Crippen molar-refractivity contribution in [2.24, 2.45) is 0 Å². The molecule has 1 aliphatic heterocycles. The number of piperazine rings is 1. The van der Waals surface area contributed by atoms with Gasteiger partial charge in [0.1, 0.15) is 0 Å². The first-order chi connectivity index (χ1) is 11.3. The van der Waals surface area contributed by atoms with Gasteiger partial charge in [0.15, 0.2) is 0 Å². The van der Waals surface area contributed by atoms with Gasteiger partial charge in [-0.05, 0) is 23.1 Å². The molecule has 1 heterocycles. The Hall–Kier alpha value is -1.84. The predicted molar refractivity (Wildman–Crippen MR) is 101 cm³/mol. The molecule has 128 valence electrons. The van der Waals surface area contributed by atoms with Crippen LogP contribution in [0.2, 0.25) is 0 Å². The molecule has 1 aliphatic rings. The molecular formula is C20H25ClN2O. The topological polar surface area (TPSA) is 32.3 Å². The Morgan fingerprint density at radius 3 is 2.46 bits per heavy atom. The third-order valence-electron chi connectivity index (χ3n) is 4.53. The Morgan fingerprint density at radius 2 is 1.79 bits per heavy atom.